The maximum Gasteiger partial charge on any atom is 0.0991 e. The lowest BCUT2D eigenvalue weighted by Gasteiger charge is -2.27. The number of rotatable bonds is 4. The summed E-state index contributed by atoms with van der Waals surface area (Å²) in [4.78, 5) is 4.60. The summed E-state index contributed by atoms with van der Waals surface area (Å²) in [6.45, 7) is 16.0. The molecule has 0 N–H and O–H groups in total. The molecule has 0 aliphatic heterocycles. The fourth-order valence-electron chi connectivity index (χ4n) is 8.71. The quantitative estimate of drug-likeness (QED) is 0.182. The predicted octanol–water partition coefficient (Wildman–Crippen LogP) is 13.4. The fraction of sp³-hybridized carbons (Fsp3) is 0.176. The second-order valence-electron chi connectivity index (χ2n) is 16.8. The van der Waals surface area contributed by atoms with Gasteiger partial charge in [-0.15, -0.1) is 0 Å². The van der Waals surface area contributed by atoms with Crippen LogP contribution in [0, 0.1) is 18.3 Å². The molecule has 0 spiro atoms. The highest BCUT2D eigenvalue weighted by Crippen LogP contribution is 2.48. The molecule has 6 aromatic carbocycles. The van der Waals surface area contributed by atoms with Crippen LogP contribution in [0.15, 0.2) is 140 Å². The van der Waals surface area contributed by atoms with E-state index in [4.69, 9.17) is 0 Å². The zero-order chi connectivity index (χ0) is 38.2. The Hall–Kier alpha value is -6.44. The number of fused-ring (bicyclic) bond motifs is 6. The molecule has 55 heavy (non-hydrogen) atoms. The predicted molar refractivity (Wildman–Crippen MR) is 231 cm³/mol. The Morgan fingerprint density at radius 3 is 1.65 bits per heavy atom. The zero-order valence-electron chi connectivity index (χ0n) is 32.6. The van der Waals surface area contributed by atoms with Crippen LogP contribution in [-0.4, -0.2) is 14.1 Å². The maximum absolute atomic E-state index is 9.80. The first kappa shape index (κ1) is 34.3. The van der Waals surface area contributed by atoms with Gasteiger partial charge in [-0.3, -0.25) is 4.98 Å². The van der Waals surface area contributed by atoms with Crippen LogP contribution < -0.4 is 0 Å². The highest BCUT2D eigenvalue weighted by Gasteiger charge is 2.30. The first-order valence-electron chi connectivity index (χ1n) is 19.1. The topological polar surface area (TPSA) is 46.5 Å². The van der Waals surface area contributed by atoms with Gasteiger partial charge in [0.15, 0.2) is 0 Å². The molecule has 0 bridgehead atoms. The van der Waals surface area contributed by atoms with Gasteiger partial charge in [0, 0.05) is 45.1 Å². The molecule has 0 aliphatic carbocycles. The molecule has 3 heterocycles. The number of nitriles is 1. The Kier molecular flexibility index (Phi) is 7.85. The van der Waals surface area contributed by atoms with Crippen molar-refractivity contribution < 1.29 is 0 Å². The Bertz CT molecular complexity index is 3010. The van der Waals surface area contributed by atoms with E-state index >= 15 is 0 Å². The Balaban J connectivity index is 1.58. The molecule has 4 heteroatoms. The van der Waals surface area contributed by atoms with E-state index in [1.807, 2.05) is 24.5 Å². The van der Waals surface area contributed by atoms with E-state index < -0.39 is 0 Å². The Labute approximate surface area is 322 Å². The standard InChI is InChI=1S/C51H44N4/c1-32-31-53-29-28-35(32)46-45(54-43-20-10-8-14-37(43)39-16-12-18-41(47(39)54)50(2,3)4)27-26-36(34-24-22-33(30-52)23-25-34)49(46)55-44-21-11-9-15-38(44)40-17-13-19-42(48(40)55)51(5,6)7/h8-29,31H,1-7H3. The number of aryl methyl sites for hydroxylation is 1. The summed E-state index contributed by atoms with van der Waals surface area (Å²) in [5, 5.41) is 14.7. The van der Waals surface area contributed by atoms with Gasteiger partial charge >= 0.3 is 0 Å². The van der Waals surface area contributed by atoms with Crippen molar-refractivity contribution in [3.63, 3.8) is 0 Å². The van der Waals surface area contributed by atoms with Crippen molar-refractivity contribution >= 4 is 43.6 Å². The maximum atomic E-state index is 9.80. The minimum absolute atomic E-state index is 0.113. The largest absolute Gasteiger partial charge is 0.308 e. The molecule has 0 saturated heterocycles. The summed E-state index contributed by atoms with van der Waals surface area (Å²) in [6, 6.07) is 48.4. The summed E-state index contributed by atoms with van der Waals surface area (Å²) in [7, 11) is 0. The van der Waals surface area contributed by atoms with Gasteiger partial charge in [-0.2, -0.15) is 5.26 Å². The van der Waals surface area contributed by atoms with Crippen LogP contribution in [-0.2, 0) is 10.8 Å². The van der Waals surface area contributed by atoms with Gasteiger partial charge in [0.25, 0.3) is 0 Å². The van der Waals surface area contributed by atoms with Crippen LogP contribution in [0.3, 0.4) is 0 Å². The van der Waals surface area contributed by atoms with Crippen molar-refractivity contribution in [3.05, 3.63) is 162 Å². The molecule has 0 aliphatic rings. The number of pyridine rings is 1. The number of para-hydroxylation sites is 4. The highest BCUT2D eigenvalue weighted by molar-refractivity contribution is 6.14. The van der Waals surface area contributed by atoms with Crippen LogP contribution in [0.25, 0.3) is 77.2 Å². The van der Waals surface area contributed by atoms with E-state index in [0.29, 0.717) is 5.56 Å². The third-order valence-corrected chi connectivity index (χ3v) is 11.2. The molecule has 0 atom stereocenters. The second-order valence-corrected chi connectivity index (χ2v) is 16.8. The summed E-state index contributed by atoms with van der Waals surface area (Å²) in [6.07, 6.45) is 3.90. The Morgan fingerprint density at radius 1 is 0.545 bits per heavy atom. The molecular weight excluding hydrogens is 669 g/mol. The van der Waals surface area contributed by atoms with Gasteiger partial charge in [-0.25, -0.2) is 0 Å². The third kappa shape index (κ3) is 5.37. The molecule has 0 saturated carbocycles. The molecule has 9 aromatic rings. The number of aromatic nitrogens is 3. The minimum atomic E-state index is -0.140. The smallest absolute Gasteiger partial charge is 0.0991 e. The molecule has 268 valence electrons. The van der Waals surface area contributed by atoms with Gasteiger partial charge in [0.1, 0.15) is 0 Å². The second kappa shape index (κ2) is 12.6. The van der Waals surface area contributed by atoms with Crippen molar-refractivity contribution in [1.82, 2.24) is 14.1 Å². The first-order chi connectivity index (χ1) is 26.5. The molecule has 0 radical (unpaired) electrons. The lowest BCUT2D eigenvalue weighted by molar-refractivity contribution is 0.594. The number of benzene rings is 6. The molecule has 0 unspecified atom stereocenters. The van der Waals surface area contributed by atoms with Crippen LogP contribution in [0.5, 0.6) is 0 Å². The van der Waals surface area contributed by atoms with Gasteiger partial charge in [-0.1, -0.05) is 133 Å². The van der Waals surface area contributed by atoms with Crippen molar-refractivity contribution in [2.75, 3.05) is 0 Å². The van der Waals surface area contributed by atoms with Crippen LogP contribution in [0.1, 0.15) is 63.8 Å². The van der Waals surface area contributed by atoms with Gasteiger partial charge in [0.2, 0.25) is 0 Å². The number of nitrogens with zero attached hydrogens (tertiary/aromatic N) is 4. The normalized spacial score (nSPS) is 12.3. The lowest BCUT2D eigenvalue weighted by Crippen LogP contribution is -2.15. The van der Waals surface area contributed by atoms with E-state index in [1.54, 1.807) is 0 Å². The SMILES string of the molecule is Cc1cnccc1-c1c(-n2c3ccccc3c3cccc(C(C)(C)C)c32)ccc(-c2ccc(C#N)cc2)c1-n1c2ccccc2c2cccc(C(C)(C)C)c21. The Morgan fingerprint density at radius 2 is 1.09 bits per heavy atom. The van der Waals surface area contributed by atoms with Crippen LogP contribution in [0.4, 0.5) is 0 Å². The van der Waals surface area contributed by atoms with Crippen molar-refractivity contribution in [2.24, 2.45) is 0 Å². The van der Waals surface area contributed by atoms with Crippen LogP contribution in [0.2, 0.25) is 0 Å². The molecule has 4 nitrogen and oxygen atoms in total. The molecule has 3 aromatic heterocycles. The number of hydrogen-bond acceptors (Lipinski definition) is 2. The average Bonchev–Trinajstić information content (AvgIpc) is 3.70. The molecular formula is C51H44N4. The lowest BCUT2D eigenvalue weighted by atomic mass is 9.85. The molecule has 9 rings (SSSR count). The third-order valence-electron chi connectivity index (χ3n) is 11.2. The summed E-state index contributed by atoms with van der Waals surface area (Å²) in [5.74, 6) is 0. The van der Waals surface area contributed by atoms with E-state index in [1.165, 1.54) is 43.7 Å². The molecule has 0 fully saturated rings. The van der Waals surface area contributed by atoms with Crippen molar-refractivity contribution in [2.45, 2.75) is 59.3 Å². The van der Waals surface area contributed by atoms with Crippen molar-refractivity contribution in [3.8, 4) is 39.7 Å². The number of hydrogen-bond donors (Lipinski definition) is 0. The monoisotopic (exact) mass is 712 g/mol. The van der Waals surface area contributed by atoms with Gasteiger partial charge < -0.3 is 9.13 Å². The van der Waals surface area contributed by atoms with Gasteiger partial charge in [0.05, 0.1) is 45.1 Å². The van der Waals surface area contributed by atoms with Gasteiger partial charge in [-0.05, 0) is 82.0 Å². The van der Waals surface area contributed by atoms with E-state index in [2.05, 4.69) is 184 Å². The first-order valence-corrected chi connectivity index (χ1v) is 19.1. The van der Waals surface area contributed by atoms with E-state index in [9.17, 15) is 5.26 Å². The zero-order valence-corrected chi connectivity index (χ0v) is 32.6. The van der Waals surface area contributed by atoms with E-state index in [0.717, 1.165) is 50.2 Å². The fourth-order valence-corrected chi connectivity index (χ4v) is 8.71. The summed E-state index contributed by atoms with van der Waals surface area (Å²) >= 11 is 0. The average molecular weight is 713 g/mol. The summed E-state index contributed by atoms with van der Waals surface area (Å²) < 4.78 is 5.06. The molecule has 0 amide bonds. The van der Waals surface area contributed by atoms with Crippen LogP contribution >= 0.6 is 0 Å². The van der Waals surface area contributed by atoms with Crippen molar-refractivity contribution in [1.29, 1.82) is 5.26 Å². The highest BCUT2D eigenvalue weighted by atomic mass is 15.0. The van der Waals surface area contributed by atoms with E-state index in [-0.39, 0.29) is 10.8 Å². The summed E-state index contributed by atoms with van der Waals surface area (Å²) in [5.41, 5.74) is 15.4. The minimum Gasteiger partial charge on any atom is -0.308 e.